The zero-order chi connectivity index (χ0) is 13.2. The van der Waals surface area contributed by atoms with Crippen molar-refractivity contribution >= 4 is 27.1 Å². The molecule has 1 fully saturated rings. The number of benzene rings is 1. The van der Waals surface area contributed by atoms with Gasteiger partial charge in [-0.25, -0.2) is 8.42 Å². The van der Waals surface area contributed by atoms with Crippen molar-refractivity contribution in [3.63, 3.8) is 0 Å². The summed E-state index contributed by atoms with van der Waals surface area (Å²) in [5, 5.41) is 0.409. The van der Waals surface area contributed by atoms with Crippen LogP contribution >= 0.6 is 11.6 Å². The summed E-state index contributed by atoms with van der Waals surface area (Å²) in [7, 11) is -3.32. The lowest BCUT2D eigenvalue weighted by atomic mass is 9.91. The summed E-state index contributed by atoms with van der Waals surface area (Å²) in [5.74, 6) is 0.458. The van der Waals surface area contributed by atoms with Crippen molar-refractivity contribution in [1.29, 1.82) is 0 Å². The van der Waals surface area contributed by atoms with Crippen LogP contribution in [0.2, 0.25) is 5.02 Å². The highest BCUT2D eigenvalue weighted by molar-refractivity contribution is 7.91. The van der Waals surface area contributed by atoms with Crippen LogP contribution in [-0.4, -0.2) is 14.2 Å². The van der Waals surface area contributed by atoms with Crippen molar-refractivity contribution in [3.8, 4) is 0 Å². The Morgan fingerprint density at radius 2 is 1.89 bits per heavy atom. The van der Waals surface area contributed by atoms with Gasteiger partial charge in [-0.2, -0.15) is 0 Å². The minimum atomic E-state index is -3.32. The maximum Gasteiger partial charge on any atom is 0.180 e. The number of nitrogen functional groups attached to an aromatic ring is 1. The first-order valence-electron chi connectivity index (χ1n) is 6.27. The Bertz CT molecular complexity index is 522. The van der Waals surface area contributed by atoms with E-state index in [1.165, 1.54) is 12.5 Å². The lowest BCUT2D eigenvalue weighted by Crippen LogP contribution is -2.19. The first-order chi connectivity index (χ1) is 8.49. The van der Waals surface area contributed by atoms with Crippen molar-refractivity contribution in [2.75, 3.05) is 11.5 Å². The van der Waals surface area contributed by atoms with Crippen molar-refractivity contribution in [2.45, 2.75) is 37.0 Å². The molecule has 1 aliphatic rings. The monoisotopic (exact) mass is 287 g/mol. The largest absolute Gasteiger partial charge is 0.398 e. The van der Waals surface area contributed by atoms with Gasteiger partial charge in [0.05, 0.1) is 16.3 Å². The number of hydrogen-bond donors (Lipinski definition) is 1. The first kappa shape index (κ1) is 13.7. The molecule has 0 aliphatic heterocycles. The van der Waals surface area contributed by atoms with Crippen LogP contribution in [0.25, 0.3) is 0 Å². The molecule has 1 saturated carbocycles. The number of sulfone groups is 1. The van der Waals surface area contributed by atoms with Crippen LogP contribution in [0.4, 0.5) is 5.69 Å². The number of halogens is 1. The van der Waals surface area contributed by atoms with E-state index in [2.05, 4.69) is 0 Å². The van der Waals surface area contributed by atoms with Crippen molar-refractivity contribution in [3.05, 3.63) is 23.2 Å². The van der Waals surface area contributed by atoms with Crippen molar-refractivity contribution in [1.82, 2.24) is 0 Å². The fraction of sp³-hybridized carbons (Fsp3) is 0.538. The number of hydrogen-bond acceptors (Lipinski definition) is 3. The molecule has 0 unspecified atom stereocenters. The lowest BCUT2D eigenvalue weighted by molar-refractivity contribution is 0.385. The van der Waals surface area contributed by atoms with Crippen LogP contribution < -0.4 is 5.73 Å². The van der Waals surface area contributed by atoms with E-state index in [1.54, 1.807) is 12.1 Å². The molecule has 5 heteroatoms. The SMILES string of the molecule is Nc1ccc(Cl)cc1S(=O)(=O)CC1CCCCC1. The molecule has 0 spiro atoms. The number of rotatable bonds is 3. The van der Waals surface area contributed by atoms with Crippen LogP contribution in [0.1, 0.15) is 32.1 Å². The Balaban J connectivity index is 2.21. The molecule has 1 aromatic rings. The molecule has 0 radical (unpaired) electrons. The predicted molar refractivity (Wildman–Crippen MR) is 74.5 cm³/mol. The van der Waals surface area contributed by atoms with Gasteiger partial charge in [0, 0.05) is 5.02 Å². The second-order valence-corrected chi connectivity index (χ2v) is 7.41. The fourth-order valence-electron chi connectivity index (χ4n) is 2.53. The van der Waals surface area contributed by atoms with Gasteiger partial charge in [-0.15, -0.1) is 0 Å². The maximum atomic E-state index is 12.3. The van der Waals surface area contributed by atoms with E-state index in [-0.39, 0.29) is 22.3 Å². The topological polar surface area (TPSA) is 60.2 Å². The summed E-state index contributed by atoms with van der Waals surface area (Å²) in [6, 6.07) is 4.61. The summed E-state index contributed by atoms with van der Waals surface area (Å²) in [4.78, 5) is 0.181. The molecule has 2 rings (SSSR count). The average Bonchev–Trinajstić information content (AvgIpc) is 2.33. The van der Waals surface area contributed by atoms with E-state index in [9.17, 15) is 8.42 Å². The third kappa shape index (κ3) is 3.18. The van der Waals surface area contributed by atoms with Gasteiger partial charge in [0.25, 0.3) is 0 Å². The normalized spacial score (nSPS) is 17.8. The Kier molecular flexibility index (Phi) is 4.17. The zero-order valence-corrected chi connectivity index (χ0v) is 11.8. The molecule has 0 amide bonds. The standard InChI is InChI=1S/C13H18ClNO2S/c14-11-6-7-12(15)13(8-11)18(16,17)9-10-4-2-1-3-5-10/h6-8,10H,1-5,9,15H2. The second kappa shape index (κ2) is 5.49. The van der Waals surface area contributed by atoms with Gasteiger partial charge in [-0.05, 0) is 37.0 Å². The van der Waals surface area contributed by atoms with E-state index < -0.39 is 9.84 Å². The molecular weight excluding hydrogens is 270 g/mol. The molecule has 0 aromatic heterocycles. The van der Waals surface area contributed by atoms with Gasteiger partial charge in [-0.1, -0.05) is 30.9 Å². The molecule has 100 valence electrons. The van der Waals surface area contributed by atoms with Crippen molar-refractivity contribution < 1.29 is 8.42 Å². The molecule has 0 saturated heterocycles. The summed E-state index contributed by atoms with van der Waals surface area (Å²) in [6.45, 7) is 0. The highest BCUT2D eigenvalue weighted by Gasteiger charge is 2.24. The van der Waals surface area contributed by atoms with E-state index in [0.717, 1.165) is 25.7 Å². The summed E-state index contributed by atoms with van der Waals surface area (Å²) in [6.07, 6.45) is 5.48. The van der Waals surface area contributed by atoms with Crippen LogP contribution in [0.5, 0.6) is 0 Å². The highest BCUT2D eigenvalue weighted by atomic mass is 35.5. The quantitative estimate of drug-likeness (QED) is 0.868. The predicted octanol–water partition coefficient (Wildman–Crippen LogP) is 3.28. The zero-order valence-electron chi connectivity index (χ0n) is 10.2. The van der Waals surface area contributed by atoms with Gasteiger partial charge < -0.3 is 5.73 Å². The minimum Gasteiger partial charge on any atom is -0.398 e. The molecule has 0 heterocycles. The third-order valence-electron chi connectivity index (χ3n) is 3.49. The molecular formula is C13H18ClNO2S. The Morgan fingerprint density at radius 1 is 1.22 bits per heavy atom. The highest BCUT2D eigenvalue weighted by Crippen LogP contribution is 2.30. The number of nitrogens with two attached hydrogens (primary N) is 1. The Hall–Kier alpha value is -0.740. The molecule has 1 aromatic carbocycles. The van der Waals surface area contributed by atoms with Crippen LogP contribution in [0, 0.1) is 5.92 Å². The van der Waals surface area contributed by atoms with E-state index in [1.807, 2.05) is 0 Å². The average molecular weight is 288 g/mol. The Labute approximate surface area is 113 Å². The maximum absolute atomic E-state index is 12.3. The summed E-state index contributed by atoms with van der Waals surface area (Å²) >= 11 is 5.85. The lowest BCUT2D eigenvalue weighted by Gasteiger charge is -2.21. The van der Waals surface area contributed by atoms with E-state index in [0.29, 0.717) is 5.02 Å². The third-order valence-corrected chi connectivity index (χ3v) is 5.66. The van der Waals surface area contributed by atoms with E-state index in [4.69, 9.17) is 17.3 Å². The van der Waals surface area contributed by atoms with Gasteiger partial charge >= 0.3 is 0 Å². The van der Waals surface area contributed by atoms with Crippen LogP contribution in [0.3, 0.4) is 0 Å². The molecule has 18 heavy (non-hydrogen) atoms. The van der Waals surface area contributed by atoms with Gasteiger partial charge in [-0.3, -0.25) is 0 Å². The Morgan fingerprint density at radius 3 is 2.56 bits per heavy atom. The first-order valence-corrected chi connectivity index (χ1v) is 8.30. The van der Waals surface area contributed by atoms with Crippen molar-refractivity contribution in [2.24, 2.45) is 5.92 Å². The van der Waals surface area contributed by atoms with Crippen LogP contribution in [0.15, 0.2) is 23.1 Å². The summed E-state index contributed by atoms with van der Waals surface area (Å²) < 4.78 is 24.7. The summed E-state index contributed by atoms with van der Waals surface area (Å²) in [5.41, 5.74) is 6.03. The minimum absolute atomic E-state index is 0.181. The van der Waals surface area contributed by atoms with Gasteiger partial charge in [0.2, 0.25) is 0 Å². The van der Waals surface area contributed by atoms with Crippen LogP contribution in [-0.2, 0) is 9.84 Å². The molecule has 0 atom stereocenters. The van der Waals surface area contributed by atoms with Gasteiger partial charge in [0.1, 0.15) is 0 Å². The second-order valence-electron chi connectivity index (χ2n) is 4.97. The molecule has 1 aliphatic carbocycles. The van der Waals surface area contributed by atoms with Gasteiger partial charge in [0.15, 0.2) is 9.84 Å². The fourth-order valence-corrected chi connectivity index (χ4v) is 4.64. The molecule has 3 nitrogen and oxygen atoms in total. The van der Waals surface area contributed by atoms with E-state index >= 15 is 0 Å². The molecule has 2 N–H and O–H groups in total. The number of anilines is 1. The molecule has 0 bridgehead atoms. The smallest absolute Gasteiger partial charge is 0.180 e.